The van der Waals surface area contributed by atoms with Crippen molar-refractivity contribution in [2.24, 2.45) is 5.41 Å². The molecule has 0 saturated carbocycles. The summed E-state index contributed by atoms with van der Waals surface area (Å²) in [6.45, 7) is 3.42. The predicted molar refractivity (Wildman–Crippen MR) is 109 cm³/mol. The van der Waals surface area contributed by atoms with Crippen molar-refractivity contribution in [3.63, 3.8) is 0 Å². The van der Waals surface area contributed by atoms with Crippen LogP contribution >= 0.6 is 11.6 Å². The number of nitrogens with two attached hydrogens (primary N) is 1. The normalized spacial score (nSPS) is 18.7. The number of aromatic nitrogens is 2. The fraction of sp³-hybridized carbons (Fsp3) is 0.238. The number of nitrogen functional groups attached to an aromatic ring is 1. The Kier molecular flexibility index (Phi) is 4.80. The van der Waals surface area contributed by atoms with Crippen LogP contribution in [0.1, 0.15) is 18.9 Å². The summed E-state index contributed by atoms with van der Waals surface area (Å²) in [4.78, 5) is 8.53. The summed E-state index contributed by atoms with van der Waals surface area (Å²) < 4.78 is 19.7. The van der Waals surface area contributed by atoms with Crippen molar-refractivity contribution >= 4 is 39.7 Å². The number of nitrogens with zero attached hydrogens (tertiary/aromatic N) is 2. The van der Waals surface area contributed by atoms with E-state index < -0.39 is 5.82 Å². The van der Waals surface area contributed by atoms with E-state index >= 15 is 0 Å². The van der Waals surface area contributed by atoms with E-state index in [1.165, 1.54) is 12.4 Å². The van der Waals surface area contributed by atoms with Gasteiger partial charge in [-0.05, 0) is 37.6 Å². The van der Waals surface area contributed by atoms with Gasteiger partial charge in [0.1, 0.15) is 12.1 Å². The van der Waals surface area contributed by atoms with Gasteiger partial charge in [0.25, 0.3) is 0 Å². The minimum Gasteiger partial charge on any atom is -0.398 e. The first-order chi connectivity index (χ1) is 13.5. The van der Waals surface area contributed by atoms with Crippen LogP contribution < -0.4 is 11.1 Å². The van der Waals surface area contributed by atoms with E-state index in [1.54, 1.807) is 18.2 Å². The molecule has 7 heteroatoms. The molecular weight excluding hydrogens is 379 g/mol. The van der Waals surface area contributed by atoms with Gasteiger partial charge >= 0.3 is 0 Å². The van der Waals surface area contributed by atoms with Crippen molar-refractivity contribution in [3.8, 4) is 11.8 Å². The smallest absolute Gasteiger partial charge is 0.165 e. The number of hydrogen-bond acceptors (Lipinski definition) is 5. The average Bonchev–Trinajstić information content (AvgIpc) is 3.11. The molecule has 1 aliphatic rings. The van der Waals surface area contributed by atoms with Gasteiger partial charge in [0, 0.05) is 23.2 Å². The lowest BCUT2D eigenvalue weighted by Gasteiger charge is -2.13. The average molecular weight is 397 g/mol. The number of rotatable bonds is 2. The van der Waals surface area contributed by atoms with E-state index in [4.69, 9.17) is 22.1 Å². The van der Waals surface area contributed by atoms with Crippen LogP contribution in [0.4, 0.5) is 21.6 Å². The van der Waals surface area contributed by atoms with Gasteiger partial charge in [0.15, 0.2) is 5.82 Å². The number of benzene rings is 2. The summed E-state index contributed by atoms with van der Waals surface area (Å²) >= 11 is 5.85. The van der Waals surface area contributed by atoms with Crippen molar-refractivity contribution in [1.82, 2.24) is 9.97 Å². The highest BCUT2D eigenvalue weighted by Crippen LogP contribution is 2.31. The fourth-order valence-electron chi connectivity index (χ4n) is 3.04. The molecule has 142 valence electrons. The molecule has 0 amide bonds. The molecule has 28 heavy (non-hydrogen) atoms. The second kappa shape index (κ2) is 7.27. The molecule has 3 N–H and O–H groups in total. The summed E-state index contributed by atoms with van der Waals surface area (Å²) in [5, 5.41) is 3.67. The molecule has 0 aliphatic carbocycles. The number of ether oxygens (including phenoxy) is 1. The van der Waals surface area contributed by atoms with Crippen LogP contribution in [0.5, 0.6) is 0 Å². The van der Waals surface area contributed by atoms with Crippen LogP contribution in [-0.4, -0.2) is 23.2 Å². The lowest BCUT2D eigenvalue weighted by Crippen LogP contribution is -2.12. The Bertz CT molecular complexity index is 1120. The highest BCUT2D eigenvalue weighted by Gasteiger charge is 2.27. The number of anilines is 3. The Labute approximate surface area is 167 Å². The molecule has 2 aromatic carbocycles. The van der Waals surface area contributed by atoms with Crippen molar-refractivity contribution < 1.29 is 9.13 Å². The number of halogens is 2. The Morgan fingerprint density at radius 2 is 2.18 bits per heavy atom. The second-order valence-electron chi connectivity index (χ2n) is 7.02. The van der Waals surface area contributed by atoms with E-state index in [0.717, 1.165) is 13.0 Å². The van der Waals surface area contributed by atoms with Gasteiger partial charge in [-0.15, -0.1) is 0 Å². The highest BCUT2D eigenvalue weighted by atomic mass is 35.5. The van der Waals surface area contributed by atoms with E-state index in [0.29, 0.717) is 34.6 Å². The maximum Gasteiger partial charge on any atom is 0.165 e. The number of hydrogen-bond donors (Lipinski definition) is 2. The first-order valence-electron chi connectivity index (χ1n) is 8.81. The number of fused-ring (bicyclic) bond motifs is 1. The van der Waals surface area contributed by atoms with Crippen molar-refractivity contribution in [2.45, 2.75) is 13.3 Å². The third-order valence-corrected chi connectivity index (χ3v) is 5.02. The summed E-state index contributed by atoms with van der Waals surface area (Å²) in [5.41, 5.74) is 8.14. The summed E-state index contributed by atoms with van der Waals surface area (Å²) in [6, 6.07) is 8.30. The predicted octanol–water partition coefficient (Wildman–Crippen LogP) is 4.53. The van der Waals surface area contributed by atoms with Crippen molar-refractivity contribution in [2.75, 3.05) is 24.3 Å². The molecule has 3 aromatic rings. The molecule has 2 heterocycles. The molecule has 4 rings (SSSR count). The Balaban J connectivity index is 1.72. The highest BCUT2D eigenvalue weighted by molar-refractivity contribution is 6.31. The first kappa shape index (κ1) is 18.5. The summed E-state index contributed by atoms with van der Waals surface area (Å²) in [7, 11) is 0. The topological polar surface area (TPSA) is 73.1 Å². The summed E-state index contributed by atoms with van der Waals surface area (Å²) in [6.07, 6.45) is 2.31. The molecule has 1 aliphatic heterocycles. The maximum absolute atomic E-state index is 14.2. The molecule has 0 radical (unpaired) electrons. The second-order valence-corrected chi connectivity index (χ2v) is 7.43. The van der Waals surface area contributed by atoms with Crippen LogP contribution in [0.25, 0.3) is 10.9 Å². The third-order valence-electron chi connectivity index (χ3n) is 4.73. The standard InChI is InChI=1S/C21H18ClFN4O/c1-21(7-8-28-11-21)6-5-13-9-18-14(10-16(13)24)20(26-12-25-18)27-17-4-2-3-15(22)19(17)23/h2-4,9-10,12H,7-8,11,24H2,1H3,(H,25,26,27). The zero-order valence-electron chi connectivity index (χ0n) is 15.2. The van der Waals surface area contributed by atoms with Crippen molar-refractivity contribution in [1.29, 1.82) is 0 Å². The van der Waals surface area contributed by atoms with Gasteiger partial charge in [-0.25, -0.2) is 14.4 Å². The minimum atomic E-state index is -0.543. The van der Waals surface area contributed by atoms with Gasteiger partial charge in [-0.1, -0.05) is 29.5 Å². The number of nitrogens with one attached hydrogen (secondary N) is 1. The molecular formula is C21H18ClFN4O. The first-order valence-corrected chi connectivity index (χ1v) is 9.19. The molecule has 1 unspecified atom stereocenters. The van der Waals surface area contributed by atoms with E-state index in [9.17, 15) is 4.39 Å². The van der Waals surface area contributed by atoms with Gasteiger partial charge in [0.05, 0.1) is 28.2 Å². The SMILES string of the molecule is CC1(C#Cc2cc3ncnc(Nc4cccc(Cl)c4F)c3cc2N)CCOC1. The van der Waals surface area contributed by atoms with E-state index in [1.807, 2.05) is 6.07 Å². The monoisotopic (exact) mass is 396 g/mol. The van der Waals surface area contributed by atoms with Crippen molar-refractivity contribution in [3.05, 3.63) is 53.1 Å². The molecule has 1 aromatic heterocycles. The van der Waals surface area contributed by atoms with Gasteiger partial charge in [-0.3, -0.25) is 0 Å². The minimum absolute atomic E-state index is 0.0322. The van der Waals surface area contributed by atoms with Gasteiger partial charge in [-0.2, -0.15) is 0 Å². The summed E-state index contributed by atoms with van der Waals surface area (Å²) in [5.74, 6) is 6.32. The molecule has 5 nitrogen and oxygen atoms in total. The van der Waals surface area contributed by atoms with E-state index in [-0.39, 0.29) is 16.1 Å². The van der Waals surface area contributed by atoms with Crippen LogP contribution in [-0.2, 0) is 4.74 Å². The van der Waals surface area contributed by atoms with Crippen LogP contribution in [0.2, 0.25) is 5.02 Å². The van der Waals surface area contributed by atoms with E-state index in [2.05, 4.69) is 34.0 Å². The Hall–Kier alpha value is -2.88. The van der Waals surface area contributed by atoms with Gasteiger partial charge in [0.2, 0.25) is 0 Å². The maximum atomic E-state index is 14.2. The van der Waals surface area contributed by atoms with Crippen LogP contribution in [0.3, 0.4) is 0 Å². The molecule has 0 bridgehead atoms. The molecule has 0 spiro atoms. The Morgan fingerprint density at radius 1 is 1.32 bits per heavy atom. The third kappa shape index (κ3) is 3.59. The Morgan fingerprint density at radius 3 is 2.96 bits per heavy atom. The lowest BCUT2D eigenvalue weighted by atomic mass is 9.90. The fourth-order valence-corrected chi connectivity index (χ4v) is 3.21. The zero-order chi connectivity index (χ0) is 19.7. The van der Waals surface area contributed by atoms with Crippen LogP contribution in [0, 0.1) is 23.1 Å². The zero-order valence-corrected chi connectivity index (χ0v) is 16.0. The lowest BCUT2D eigenvalue weighted by molar-refractivity contribution is 0.177. The van der Waals surface area contributed by atoms with Gasteiger partial charge < -0.3 is 15.8 Å². The largest absolute Gasteiger partial charge is 0.398 e. The van der Waals surface area contributed by atoms with Crippen LogP contribution in [0.15, 0.2) is 36.7 Å². The molecule has 1 fully saturated rings. The quantitative estimate of drug-likeness (QED) is 0.492. The molecule has 1 atom stereocenters. The molecule has 1 saturated heterocycles.